The molecule has 0 amide bonds. The summed E-state index contributed by atoms with van der Waals surface area (Å²) in [6.07, 6.45) is 0. The number of methoxy groups -OCH3 is 1. The van der Waals surface area contributed by atoms with Crippen molar-refractivity contribution < 1.29 is 9.84 Å². The van der Waals surface area contributed by atoms with E-state index >= 15 is 0 Å². The number of nitrogen functional groups attached to an aromatic ring is 1. The lowest BCUT2D eigenvalue weighted by atomic mass is 9.99. The molecule has 4 nitrogen and oxygen atoms in total. The van der Waals surface area contributed by atoms with E-state index in [0.29, 0.717) is 17.8 Å². The molecule has 2 unspecified atom stereocenters. The molecule has 1 aromatic rings. The summed E-state index contributed by atoms with van der Waals surface area (Å²) in [5.41, 5.74) is 7.07. The average molecular weight is 262 g/mol. The average Bonchev–Trinajstić information content (AvgIpc) is 2.87. The van der Waals surface area contributed by atoms with E-state index < -0.39 is 5.60 Å². The zero-order valence-electron chi connectivity index (χ0n) is 11.8. The minimum Gasteiger partial charge on any atom is -0.495 e. The summed E-state index contributed by atoms with van der Waals surface area (Å²) in [5, 5.41) is 10.1. The van der Waals surface area contributed by atoms with Crippen LogP contribution in [0.3, 0.4) is 0 Å². The second-order valence-electron chi connectivity index (χ2n) is 6.34. The highest BCUT2D eigenvalue weighted by Gasteiger charge is 2.61. The minimum absolute atomic E-state index is 0.448. The summed E-state index contributed by atoms with van der Waals surface area (Å²) in [5.74, 6) is 2.51. The predicted molar refractivity (Wildman–Crippen MR) is 76.4 cm³/mol. The standard InChI is InChI=1S/C15H22N2O2/c1-15(2,18)14-10-7-17(8-11(10)14)12-5-4-9(16)6-13(12)19-3/h4-6,10-11,14,18H,7-8,16H2,1-3H3. The van der Waals surface area contributed by atoms with E-state index in [-0.39, 0.29) is 0 Å². The van der Waals surface area contributed by atoms with Crippen LogP contribution in [-0.4, -0.2) is 30.9 Å². The zero-order valence-corrected chi connectivity index (χ0v) is 11.8. The quantitative estimate of drug-likeness (QED) is 0.815. The molecular weight excluding hydrogens is 240 g/mol. The number of nitrogens with two attached hydrogens (primary N) is 1. The van der Waals surface area contributed by atoms with Gasteiger partial charge in [-0.1, -0.05) is 0 Å². The van der Waals surface area contributed by atoms with Crippen molar-refractivity contribution in [3.63, 3.8) is 0 Å². The number of piperidine rings is 1. The van der Waals surface area contributed by atoms with Gasteiger partial charge in [-0.25, -0.2) is 0 Å². The molecule has 0 aromatic heterocycles. The predicted octanol–water partition coefficient (Wildman–Crippen LogP) is 1.73. The SMILES string of the molecule is COc1cc(N)ccc1N1CC2C(C1)C2C(C)(C)O. The number of ether oxygens (including phenoxy) is 1. The Hall–Kier alpha value is -1.42. The largest absolute Gasteiger partial charge is 0.495 e. The molecule has 4 heteroatoms. The highest BCUT2D eigenvalue weighted by Crippen LogP contribution is 2.57. The Kier molecular flexibility index (Phi) is 2.68. The number of nitrogens with zero attached hydrogens (tertiary/aromatic N) is 1. The van der Waals surface area contributed by atoms with Crippen LogP contribution in [0, 0.1) is 17.8 Å². The summed E-state index contributed by atoms with van der Waals surface area (Å²) in [6.45, 7) is 5.84. The van der Waals surface area contributed by atoms with Crippen molar-refractivity contribution in [3.8, 4) is 5.75 Å². The van der Waals surface area contributed by atoms with Crippen molar-refractivity contribution in [2.24, 2.45) is 17.8 Å². The third-order valence-electron chi connectivity index (χ3n) is 4.55. The molecule has 1 aliphatic heterocycles. The smallest absolute Gasteiger partial charge is 0.144 e. The second kappa shape index (κ2) is 4.04. The monoisotopic (exact) mass is 262 g/mol. The summed E-state index contributed by atoms with van der Waals surface area (Å²) in [4.78, 5) is 2.34. The number of hydrogen-bond acceptors (Lipinski definition) is 4. The van der Waals surface area contributed by atoms with Crippen molar-refractivity contribution in [1.82, 2.24) is 0 Å². The first-order valence-corrected chi connectivity index (χ1v) is 6.82. The first-order valence-electron chi connectivity index (χ1n) is 6.82. The molecule has 1 aromatic carbocycles. The Balaban J connectivity index is 1.75. The Labute approximate surface area is 114 Å². The highest BCUT2D eigenvalue weighted by molar-refractivity contribution is 5.65. The van der Waals surface area contributed by atoms with E-state index in [1.54, 1.807) is 7.11 Å². The van der Waals surface area contributed by atoms with Gasteiger partial charge in [-0.2, -0.15) is 0 Å². The van der Waals surface area contributed by atoms with Crippen LogP contribution >= 0.6 is 0 Å². The molecule has 3 N–H and O–H groups in total. The van der Waals surface area contributed by atoms with E-state index in [4.69, 9.17) is 10.5 Å². The number of fused-ring (bicyclic) bond motifs is 1. The number of rotatable bonds is 3. The Morgan fingerprint density at radius 1 is 1.32 bits per heavy atom. The van der Waals surface area contributed by atoms with Crippen LogP contribution in [0.25, 0.3) is 0 Å². The van der Waals surface area contributed by atoms with Gasteiger partial charge >= 0.3 is 0 Å². The second-order valence-corrected chi connectivity index (χ2v) is 6.34. The Morgan fingerprint density at radius 3 is 2.47 bits per heavy atom. The van der Waals surface area contributed by atoms with Crippen molar-refractivity contribution in [2.75, 3.05) is 30.8 Å². The summed E-state index contributed by atoms with van der Waals surface area (Å²) < 4.78 is 5.41. The molecule has 0 radical (unpaired) electrons. The van der Waals surface area contributed by atoms with E-state index in [9.17, 15) is 5.11 Å². The van der Waals surface area contributed by atoms with Crippen LogP contribution in [0.2, 0.25) is 0 Å². The molecule has 104 valence electrons. The number of anilines is 2. The number of benzene rings is 1. The van der Waals surface area contributed by atoms with Gasteiger partial charge in [-0.15, -0.1) is 0 Å². The van der Waals surface area contributed by atoms with Crippen molar-refractivity contribution in [2.45, 2.75) is 19.4 Å². The Bertz CT molecular complexity index is 483. The van der Waals surface area contributed by atoms with Gasteiger partial charge in [0.25, 0.3) is 0 Å². The first kappa shape index (κ1) is 12.6. The number of aliphatic hydroxyl groups is 1. The molecule has 19 heavy (non-hydrogen) atoms. The van der Waals surface area contributed by atoms with Gasteiger partial charge in [0.1, 0.15) is 5.75 Å². The van der Waals surface area contributed by atoms with Gasteiger partial charge in [0.2, 0.25) is 0 Å². The first-order chi connectivity index (χ1) is 8.91. The van der Waals surface area contributed by atoms with Gasteiger partial charge in [-0.3, -0.25) is 0 Å². The molecule has 1 aliphatic carbocycles. The summed E-state index contributed by atoms with van der Waals surface area (Å²) in [6, 6.07) is 5.81. The van der Waals surface area contributed by atoms with Crippen molar-refractivity contribution in [1.29, 1.82) is 0 Å². The molecule has 3 rings (SSSR count). The summed E-state index contributed by atoms with van der Waals surface area (Å²) in [7, 11) is 1.68. The third kappa shape index (κ3) is 2.04. The fraction of sp³-hybridized carbons (Fsp3) is 0.600. The van der Waals surface area contributed by atoms with Crippen LogP contribution in [0.5, 0.6) is 5.75 Å². The van der Waals surface area contributed by atoms with Crippen molar-refractivity contribution >= 4 is 11.4 Å². The van der Waals surface area contributed by atoms with E-state index in [0.717, 1.165) is 30.2 Å². The lowest BCUT2D eigenvalue weighted by Crippen LogP contribution is -2.32. The van der Waals surface area contributed by atoms with Gasteiger partial charge in [0.15, 0.2) is 0 Å². The van der Waals surface area contributed by atoms with Crippen LogP contribution in [0.4, 0.5) is 11.4 Å². The maximum absolute atomic E-state index is 10.1. The van der Waals surface area contributed by atoms with Crippen LogP contribution in [0.1, 0.15) is 13.8 Å². The van der Waals surface area contributed by atoms with Gasteiger partial charge in [0, 0.05) is 24.8 Å². The van der Waals surface area contributed by atoms with Crippen LogP contribution in [0.15, 0.2) is 18.2 Å². The molecule has 2 atom stereocenters. The highest BCUT2D eigenvalue weighted by atomic mass is 16.5. The normalized spacial score (nSPS) is 29.3. The molecule has 1 saturated heterocycles. The van der Waals surface area contributed by atoms with Gasteiger partial charge in [-0.05, 0) is 43.7 Å². The van der Waals surface area contributed by atoms with Crippen LogP contribution < -0.4 is 15.4 Å². The zero-order chi connectivity index (χ0) is 13.8. The topological polar surface area (TPSA) is 58.7 Å². The molecule has 2 fully saturated rings. The van der Waals surface area contributed by atoms with E-state index in [2.05, 4.69) is 4.90 Å². The maximum Gasteiger partial charge on any atom is 0.144 e. The third-order valence-corrected chi connectivity index (χ3v) is 4.55. The van der Waals surface area contributed by atoms with Gasteiger partial charge < -0.3 is 20.5 Å². The lowest BCUT2D eigenvalue weighted by Gasteiger charge is -2.27. The van der Waals surface area contributed by atoms with Gasteiger partial charge in [0.05, 0.1) is 18.4 Å². The van der Waals surface area contributed by atoms with Crippen molar-refractivity contribution in [3.05, 3.63) is 18.2 Å². The fourth-order valence-corrected chi connectivity index (χ4v) is 3.73. The fourth-order valence-electron chi connectivity index (χ4n) is 3.73. The molecule has 0 spiro atoms. The molecule has 2 aliphatic rings. The molecule has 1 saturated carbocycles. The van der Waals surface area contributed by atoms with E-state index in [1.807, 2.05) is 32.0 Å². The number of hydrogen-bond donors (Lipinski definition) is 2. The van der Waals surface area contributed by atoms with E-state index in [1.165, 1.54) is 0 Å². The maximum atomic E-state index is 10.1. The molecular formula is C15H22N2O2. The Morgan fingerprint density at radius 2 is 1.95 bits per heavy atom. The lowest BCUT2D eigenvalue weighted by molar-refractivity contribution is 0.0453. The molecule has 1 heterocycles. The molecule has 0 bridgehead atoms. The van der Waals surface area contributed by atoms with Crippen LogP contribution in [-0.2, 0) is 0 Å². The minimum atomic E-state index is -0.549. The summed E-state index contributed by atoms with van der Waals surface area (Å²) >= 11 is 0.